The lowest BCUT2D eigenvalue weighted by Crippen LogP contribution is -2.51. The Kier molecular flexibility index (Phi) is 4.84. The van der Waals surface area contributed by atoms with E-state index in [-0.39, 0.29) is 28.9 Å². The van der Waals surface area contributed by atoms with E-state index in [2.05, 4.69) is 41.6 Å². The van der Waals surface area contributed by atoms with E-state index in [0.717, 1.165) is 19.3 Å². The van der Waals surface area contributed by atoms with Gasteiger partial charge in [0.15, 0.2) is 0 Å². The monoisotopic (exact) mass is 358 g/mol. The molecule has 3 rings (SSSR count). The van der Waals surface area contributed by atoms with E-state index in [0.29, 0.717) is 6.54 Å². The molecule has 0 bridgehead atoms. The first-order valence-corrected chi connectivity index (χ1v) is 8.85. The molecule has 2 aromatic rings. The second-order valence-electron chi connectivity index (χ2n) is 8.27. The first-order valence-electron chi connectivity index (χ1n) is 8.85. The molecule has 8 nitrogen and oxygen atoms in total. The summed E-state index contributed by atoms with van der Waals surface area (Å²) in [5.41, 5.74) is -0.0574. The number of carbonyl (C=O) groups is 2. The third-order valence-electron chi connectivity index (χ3n) is 4.86. The van der Waals surface area contributed by atoms with Crippen molar-refractivity contribution in [3.63, 3.8) is 0 Å². The number of hydrogen-bond acceptors (Lipinski definition) is 4. The normalized spacial score (nSPS) is 24.8. The maximum atomic E-state index is 12.3. The highest BCUT2D eigenvalue weighted by atomic mass is 16.2. The molecule has 0 aromatic carbocycles. The van der Waals surface area contributed by atoms with Crippen LogP contribution in [0.3, 0.4) is 0 Å². The Morgan fingerprint density at radius 1 is 1.04 bits per heavy atom. The van der Waals surface area contributed by atoms with Gasteiger partial charge in [-0.15, -0.1) is 0 Å². The third-order valence-corrected chi connectivity index (χ3v) is 4.86. The van der Waals surface area contributed by atoms with Crippen LogP contribution in [0, 0.1) is 10.8 Å². The fraction of sp³-hybridized carbons (Fsp3) is 0.556. The molecule has 0 aliphatic heterocycles. The lowest BCUT2D eigenvalue weighted by atomic mass is 9.62. The zero-order valence-corrected chi connectivity index (χ0v) is 15.5. The van der Waals surface area contributed by atoms with Crippen molar-refractivity contribution in [3.8, 4) is 0 Å². The van der Waals surface area contributed by atoms with E-state index >= 15 is 0 Å². The van der Waals surface area contributed by atoms with Crippen LogP contribution in [0.15, 0.2) is 36.9 Å². The molecule has 140 valence electrons. The topological polar surface area (TPSA) is 93.8 Å². The summed E-state index contributed by atoms with van der Waals surface area (Å²) >= 11 is 0. The molecule has 2 heterocycles. The number of carbonyl (C=O) groups excluding carboxylic acids is 2. The highest BCUT2D eigenvalue weighted by Crippen LogP contribution is 2.45. The van der Waals surface area contributed by atoms with Gasteiger partial charge in [0.25, 0.3) is 0 Å². The Labute approximate surface area is 152 Å². The van der Waals surface area contributed by atoms with Crippen molar-refractivity contribution in [2.24, 2.45) is 10.8 Å². The Hall–Kier alpha value is -2.64. The van der Waals surface area contributed by atoms with Gasteiger partial charge in [-0.05, 0) is 42.2 Å². The summed E-state index contributed by atoms with van der Waals surface area (Å²) in [5, 5.41) is 14.0. The second kappa shape index (κ2) is 6.93. The summed E-state index contributed by atoms with van der Waals surface area (Å²) < 4.78 is 2.59. The van der Waals surface area contributed by atoms with Crippen LogP contribution in [-0.4, -0.2) is 44.2 Å². The number of aromatic nitrogens is 4. The fourth-order valence-corrected chi connectivity index (χ4v) is 4.26. The van der Waals surface area contributed by atoms with Crippen LogP contribution in [-0.2, 0) is 0 Å². The van der Waals surface area contributed by atoms with Crippen LogP contribution in [0.25, 0.3) is 0 Å². The number of hydrogen-bond donors (Lipinski definition) is 2. The van der Waals surface area contributed by atoms with Crippen LogP contribution in [0.2, 0.25) is 0 Å². The van der Waals surface area contributed by atoms with Crippen molar-refractivity contribution in [2.45, 2.75) is 46.1 Å². The van der Waals surface area contributed by atoms with E-state index < -0.39 is 0 Å². The van der Waals surface area contributed by atoms with Gasteiger partial charge in [-0.3, -0.25) is 0 Å². The number of nitrogens with zero attached hydrogens (tertiary/aromatic N) is 4. The molecule has 2 amide bonds. The summed E-state index contributed by atoms with van der Waals surface area (Å²) in [4.78, 5) is 24.5. The van der Waals surface area contributed by atoms with Gasteiger partial charge < -0.3 is 10.6 Å². The minimum absolute atomic E-state index is 0.0297. The predicted molar refractivity (Wildman–Crippen MR) is 96.7 cm³/mol. The van der Waals surface area contributed by atoms with E-state index in [4.69, 9.17) is 0 Å². The van der Waals surface area contributed by atoms with Crippen molar-refractivity contribution < 1.29 is 9.59 Å². The largest absolute Gasteiger partial charge is 0.342 e. The molecular weight excluding hydrogens is 332 g/mol. The standard InChI is InChI=1S/C18H26N6O2/c1-17(2)10-14(22-16(26)24-9-5-7-21-24)11-18(3,12-17)13-19-15(25)23-8-4-6-20-23/h4-9,14H,10-13H2,1-3H3,(H,19,25)(H,22,26). The summed E-state index contributed by atoms with van der Waals surface area (Å²) in [6.07, 6.45) is 9.06. The Bertz CT molecular complexity index is 753. The third kappa shape index (κ3) is 4.30. The molecule has 1 aliphatic carbocycles. The fourth-order valence-electron chi connectivity index (χ4n) is 4.26. The van der Waals surface area contributed by atoms with Crippen molar-refractivity contribution >= 4 is 12.1 Å². The average Bonchev–Trinajstić information content (AvgIpc) is 3.23. The van der Waals surface area contributed by atoms with E-state index in [1.165, 1.54) is 9.36 Å². The summed E-state index contributed by atoms with van der Waals surface area (Å²) in [7, 11) is 0. The highest BCUT2D eigenvalue weighted by molar-refractivity contribution is 5.76. The zero-order valence-electron chi connectivity index (χ0n) is 15.5. The molecule has 2 unspecified atom stereocenters. The van der Waals surface area contributed by atoms with Gasteiger partial charge in [0.1, 0.15) is 0 Å². The Morgan fingerprint density at radius 3 is 2.23 bits per heavy atom. The lowest BCUT2D eigenvalue weighted by Gasteiger charge is -2.46. The molecule has 26 heavy (non-hydrogen) atoms. The molecule has 2 atom stereocenters. The van der Waals surface area contributed by atoms with Crippen LogP contribution in [0.4, 0.5) is 9.59 Å². The molecule has 1 fully saturated rings. The molecule has 0 spiro atoms. The number of amides is 2. The maximum Gasteiger partial charge on any atom is 0.342 e. The van der Waals surface area contributed by atoms with Gasteiger partial charge in [0, 0.05) is 37.4 Å². The van der Waals surface area contributed by atoms with Crippen LogP contribution < -0.4 is 10.6 Å². The minimum Gasteiger partial charge on any atom is -0.336 e. The van der Waals surface area contributed by atoms with Crippen molar-refractivity contribution in [1.29, 1.82) is 0 Å². The van der Waals surface area contributed by atoms with Gasteiger partial charge >= 0.3 is 12.1 Å². The Morgan fingerprint density at radius 2 is 1.65 bits per heavy atom. The van der Waals surface area contributed by atoms with Gasteiger partial charge in [-0.2, -0.15) is 19.6 Å². The second-order valence-corrected chi connectivity index (χ2v) is 8.27. The molecule has 8 heteroatoms. The molecular formula is C18H26N6O2. The number of rotatable bonds is 3. The van der Waals surface area contributed by atoms with E-state index in [9.17, 15) is 9.59 Å². The molecule has 2 N–H and O–H groups in total. The Balaban J connectivity index is 1.64. The molecule has 1 aliphatic rings. The highest BCUT2D eigenvalue weighted by Gasteiger charge is 2.42. The maximum absolute atomic E-state index is 12.3. The summed E-state index contributed by atoms with van der Waals surface area (Å²) in [5.74, 6) is 0. The lowest BCUT2D eigenvalue weighted by molar-refractivity contribution is 0.0748. The van der Waals surface area contributed by atoms with E-state index in [1.54, 1.807) is 36.9 Å². The van der Waals surface area contributed by atoms with Crippen molar-refractivity contribution in [2.75, 3.05) is 6.54 Å². The molecule has 2 aromatic heterocycles. The average molecular weight is 358 g/mol. The molecule has 0 saturated heterocycles. The van der Waals surface area contributed by atoms with Gasteiger partial charge in [0.05, 0.1) is 0 Å². The zero-order chi connectivity index (χ0) is 18.8. The molecule has 0 radical (unpaired) electrons. The minimum atomic E-state index is -0.239. The molecule has 1 saturated carbocycles. The van der Waals surface area contributed by atoms with E-state index in [1.807, 2.05) is 0 Å². The van der Waals surface area contributed by atoms with Gasteiger partial charge in [-0.1, -0.05) is 20.8 Å². The van der Waals surface area contributed by atoms with Gasteiger partial charge in [-0.25, -0.2) is 9.59 Å². The number of nitrogens with one attached hydrogen (secondary N) is 2. The van der Waals surface area contributed by atoms with Crippen LogP contribution in [0.5, 0.6) is 0 Å². The first-order chi connectivity index (χ1) is 12.3. The van der Waals surface area contributed by atoms with Crippen LogP contribution in [0.1, 0.15) is 40.0 Å². The van der Waals surface area contributed by atoms with Crippen LogP contribution >= 0.6 is 0 Å². The predicted octanol–water partition coefficient (Wildman–Crippen LogP) is 2.48. The summed E-state index contributed by atoms with van der Waals surface area (Å²) in [6.45, 7) is 7.09. The quantitative estimate of drug-likeness (QED) is 0.881. The summed E-state index contributed by atoms with van der Waals surface area (Å²) in [6, 6.07) is 3.00. The van der Waals surface area contributed by atoms with Crippen molar-refractivity contribution in [3.05, 3.63) is 36.9 Å². The van der Waals surface area contributed by atoms with Gasteiger partial charge in [0.2, 0.25) is 0 Å². The van der Waals surface area contributed by atoms with Crippen molar-refractivity contribution in [1.82, 2.24) is 30.2 Å². The SMILES string of the molecule is CC1(C)CC(NC(=O)n2cccn2)CC(C)(CNC(=O)n2cccn2)C1. The first kappa shape index (κ1) is 18.2. The smallest absolute Gasteiger partial charge is 0.336 e.